The predicted octanol–water partition coefficient (Wildman–Crippen LogP) is 2.25. The highest BCUT2D eigenvalue weighted by molar-refractivity contribution is 5.16. The number of hydrogen-bond acceptors (Lipinski definition) is 4. The summed E-state index contributed by atoms with van der Waals surface area (Å²) in [5, 5.41) is 3.40. The molecule has 0 saturated carbocycles. The Morgan fingerprint density at radius 3 is 2.94 bits per heavy atom. The molecular weight excluding hydrogens is 228 g/mol. The van der Waals surface area contributed by atoms with Gasteiger partial charge in [-0.05, 0) is 33.0 Å². The van der Waals surface area contributed by atoms with Crippen molar-refractivity contribution in [2.75, 3.05) is 27.3 Å². The van der Waals surface area contributed by atoms with Crippen LogP contribution in [0.1, 0.15) is 31.6 Å². The molecule has 0 fully saturated rings. The normalized spacial score (nSPS) is 13.2. The second-order valence-corrected chi connectivity index (χ2v) is 4.77. The van der Waals surface area contributed by atoms with E-state index in [1.54, 1.807) is 13.4 Å². The molecule has 4 heteroatoms. The summed E-state index contributed by atoms with van der Waals surface area (Å²) in [6, 6.07) is 2.43. The fraction of sp³-hybridized carbons (Fsp3) is 0.714. The fourth-order valence-electron chi connectivity index (χ4n) is 1.81. The predicted molar refractivity (Wildman–Crippen MR) is 73.5 cm³/mol. The molecule has 1 heterocycles. The number of ether oxygens (including phenoxy) is 1. The van der Waals surface area contributed by atoms with Gasteiger partial charge in [0.25, 0.3) is 0 Å². The lowest BCUT2D eigenvalue weighted by atomic mass is 10.2. The number of nitrogens with zero attached hydrogens (tertiary/aromatic N) is 1. The molecule has 1 aromatic heterocycles. The highest BCUT2D eigenvalue weighted by Gasteiger charge is 2.13. The van der Waals surface area contributed by atoms with Crippen molar-refractivity contribution in [1.82, 2.24) is 10.2 Å². The second-order valence-electron chi connectivity index (χ2n) is 4.77. The summed E-state index contributed by atoms with van der Waals surface area (Å²) in [7, 11) is 3.83. The van der Waals surface area contributed by atoms with Gasteiger partial charge < -0.3 is 14.5 Å². The quantitative estimate of drug-likeness (QED) is 0.686. The Labute approximate surface area is 110 Å². The minimum Gasteiger partial charge on any atom is -0.468 e. The van der Waals surface area contributed by atoms with E-state index in [1.165, 1.54) is 5.56 Å². The van der Waals surface area contributed by atoms with Crippen LogP contribution >= 0.6 is 0 Å². The second kappa shape index (κ2) is 8.29. The van der Waals surface area contributed by atoms with E-state index in [1.807, 2.05) is 6.07 Å². The lowest BCUT2D eigenvalue weighted by molar-refractivity contribution is 0.107. The molecule has 1 unspecified atom stereocenters. The largest absolute Gasteiger partial charge is 0.468 e. The Hall–Kier alpha value is -0.840. The molecule has 4 nitrogen and oxygen atoms in total. The maximum absolute atomic E-state index is 5.57. The van der Waals surface area contributed by atoms with Gasteiger partial charge in [0.15, 0.2) is 0 Å². The van der Waals surface area contributed by atoms with Crippen molar-refractivity contribution in [2.45, 2.75) is 39.4 Å². The zero-order valence-corrected chi connectivity index (χ0v) is 12.0. The average molecular weight is 254 g/mol. The Kier molecular flexibility index (Phi) is 7.01. The first kappa shape index (κ1) is 15.2. The van der Waals surface area contributed by atoms with Gasteiger partial charge in [0.05, 0.1) is 19.4 Å². The van der Waals surface area contributed by atoms with Crippen LogP contribution < -0.4 is 5.32 Å². The zero-order chi connectivity index (χ0) is 13.4. The third kappa shape index (κ3) is 4.80. The minimum absolute atomic E-state index is 0.386. The van der Waals surface area contributed by atoms with E-state index in [4.69, 9.17) is 9.15 Å². The van der Waals surface area contributed by atoms with Crippen LogP contribution in [0.4, 0.5) is 0 Å². The lowest BCUT2D eigenvalue weighted by Crippen LogP contribution is -2.32. The summed E-state index contributed by atoms with van der Waals surface area (Å²) in [5.74, 6) is 1.05. The van der Waals surface area contributed by atoms with Crippen LogP contribution in [-0.4, -0.2) is 38.3 Å². The Balaban J connectivity index is 2.48. The topological polar surface area (TPSA) is 37.6 Å². The molecule has 0 aliphatic heterocycles. The lowest BCUT2D eigenvalue weighted by Gasteiger charge is -2.23. The van der Waals surface area contributed by atoms with Crippen LogP contribution in [0, 0.1) is 0 Å². The molecule has 18 heavy (non-hydrogen) atoms. The van der Waals surface area contributed by atoms with Crippen LogP contribution in [-0.2, 0) is 17.8 Å². The Bertz CT molecular complexity index is 325. The highest BCUT2D eigenvalue weighted by atomic mass is 16.5. The minimum atomic E-state index is 0.386. The fourth-order valence-corrected chi connectivity index (χ4v) is 1.81. The van der Waals surface area contributed by atoms with E-state index in [9.17, 15) is 0 Å². The number of hydrogen-bond donors (Lipinski definition) is 1. The van der Waals surface area contributed by atoms with Gasteiger partial charge in [-0.15, -0.1) is 0 Å². The number of methoxy groups -OCH3 is 1. The van der Waals surface area contributed by atoms with E-state index in [-0.39, 0.29) is 0 Å². The molecule has 0 aromatic carbocycles. The molecule has 104 valence electrons. The van der Waals surface area contributed by atoms with E-state index >= 15 is 0 Å². The van der Waals surface area contributed by atoms with Crippen LogP contribution in [0.15, 0.2) is 16.7 Å². The number of nitrogens with one attached hydrogen (secondary N) is 1. The van der Waals surface area contributed by atoms with Crippen molar-refractivity contribution >= 4 is 0 Å². The maximum atomic E-state index is 5.57. The molecular formula is C14H26N2O2. The number of likely N-dealkylation sites (N-methyl/N-ethyl adjacent to an activating group) is 1. The molecule has 1 aromatic rings. The summed E-state index contributed by atoms with van der Waals surface area (Å²) in [4.78, 5) is 2.24. The van der Waals surface area contributed by atoms with E-state index in [0.717, 1.165) is 38.4 Å². The summed E-state index contributed by atoms with van der Waals surface area (Å²) in [5.41, 5.74) is 1.25. The van der Waals surface area contributed by atoms with Gasteiger partial charge in [-0.1, -0.05) is 6.92 Å². The molecule has 0 radical (unpaired) electrons. The molecule has 0 aliphatic carbocycles. The van der Waals surface area contributed by atoms with Crippen molar-refractivity contribution in [1.29, 1.82) is 0 Å². The monoisotopic (exact) mass is 254 g/mol. The summed E-state index contributed by atoms with van der Waals surface area (Å²) < 4.78 is 10.7. The average Bonchev–Trinajstić information content (AvgIpc) is 2.77. The van der Waals surface area contributed by atoms with Crippen LogP contribution in [0.5, 0.6) is 0 Å². The first-order valence-electron chi connectivity index (χ1n) is 6.64. The van der Waals surface area contributed by atoms with E-state index < -0.39 is 0 Å². The maximum Gasteiger partial charge on any atom is 0.122 e. The first-order valence-corrected chi connectivity index (χ1v) is 6.64. The third-order valence-corrected chi connectivity index (χ3v) is 3.13. The van der Waals surface area contributed by atoms with Crippen LogP contribution in [0.2, 0.25) is 0 Å². The van der Waals surface area contributed by atoms with Crippen molar-refractivity contribution in [3.8, 4) is 0 Å². The highest BCUT2D eigenvalue weighted by Crippen LogP contribution is 2.14. The van der Waals surface area contributed by atoms with Crippen LogP contribution in [0.3, 0.4) is 0 Å². The van der Waals surface area contributed by atoms with Gasteiger partial charge in [-0.3, -0.25) is 4.90 Å². The summed E-state index contributed by atoms with van der Waals surface area (Å²) in [6.45, 7) is 7.80. The summed E-state index contributed by atoms with van der Waals surface area (Å²) in [6.07, 6.45) is 2.92. The zero-order valence-electron chi connectivity index (χ0n) is 12.0. The van der Waals surface area contributed by atoms with Crippen molar-refractivity contribution < 1.29 is 9.15 Å². The molecule has 1 rings (SSSR count). The van der Waals surface area contributed by atoms with Gasteiger partial charge in [0, 0.05) is 25.3 Å². The van der Waals surface area contributed by atoms with Gasteiger partial charge in [-0.2, -0.15) is 0 Å². The number of furan rings is 1. The first-order chi connectivity index (χ1) is 8.69. The van der Waals surface area contributed by atoms with Gasteiger partial charge in [0.1, 0.15) is 5.76 Å². The smallest absolute Gasteiger partial charge is 0.122 e. The van der Waals surface area contributed by atoms with Gasteiger partial charge in [0.2, 0.25) is 0 Å². The van der Waals surface area contributed by atoms with E-state index in [2.05, 4.69) is 31.1 Å². The third-order valence-electron chi connectivity index (χ3n) is 3.13. The Morgan fingerprint density at radius 1 is 1.50 bits per heavy atom. The molecule has 0 spiro atoms. The Morgan fingerprint density at radius 2 is 2.28 bits per heavy atom. The molecule has 0 aliphatic rings. The molecule has 0 saturated heterocycles. The standard InChI is InChI=1S/C14H26N2O2/c1-5-7-15-9-13-6-8-18-14(13)10-16(3)12(2)11-17-4/h6,8,12,15H,5,7,9-11H2,1-4H3. The van der Waals surface area contributed by atoms with Crippen molar-refractivity contribution in [3.05, 3.63) is 23.7 Å². The van der Waals surface area contributed by atoms with E-state index in [0.29, 0.717) is 6.04 Å². The molecule has 0 bridgehead atoms. The molecule has 0 amide bonds. The van der Waals surface area contributed by atoms with Crippen molar-refractivity contribution in [2.24, 2.45) is 0 Å². The molecule has 1 N–H and O–H groups in total. The van der Waals surface area contributed by atoms with Gasteiger partial charge in [-0.25, -0.2) is 0 Å². The van der Waals surface area contributed by atoms with Gasteiger partial charge >= 0.3 is 0 Å². The van der Waals surface area contributed by atoms with Crippen LogP contribution in [0.25, 0.3) is 0 Å². The number of rotatable bonds is 9. The SMILES string of the molecule is CCCNCc1ccoc1CN(C)C(C)COC. The summed E-state index contributed by atoms with van der Waals surface area (Å²) >= 11 is 0. The van der Waals surface area contributed by atoms with Crippen molar-refractivity contribution in [3.63, 3.8) is 0 Å². The molecule has 1 atom stereocenters.